The molecule has 0 aliphatic heterocycles. The van der Waals surface area contributed by atoms with E-state index in [0.717, 1.165) is 17.8 Å². The van der Waals surface area contributed by atoms with Gasteiger partial charge < -0.3 is 10.2 Å². The number of carboxylic acids is 2. The Morgan fingerprint density at radius 1 is 1.45 bits per heavy atom. The standard InChI is InChI=1S/C6H8O4S/c1-4(2-5(7)8)11-3-6(9)10/h2H,3H2,1H3,(H,7,8)(H,9,10). The number of carboxylic acid groups (broad SMARTS) is 2. The minimum atomic E-state index is -1.06. The quantitative estimate of drug-likeness (QED) is 0.619. The molecule has 5 heteroatoms. The van der Waals surface area contributed by atoms with Gasteiger partial charge in [-0.25, -0.2) is 4.79 Å². The van der Waals surface area contributed by atoms with E-state index in [2.05, 4.69) is 0 Å². The molecule has 0 saturated carbocycles. The van der Waals surface area contributed by atoms with Crippen LogP contribution in [0.2, 0.25) is 0 Å². The number of rotatable bonds is 4. The first-order chi connectivity index (χ1) is 5.02. The molecule has 62 valence electrons. The first-order valence-corrected chi connectivity index (χ1v) is 3.76. The van der Waals surface area contributed by atoms with Gasteiger partial charge in [0.25, 0.3) is 0 Å². The third-order valence-corrected chi connectivity index (χ3v) is 1.71. The molecule has 0 atom stereocenters. The highest BCUT2D eigenvalue weighted by Crippen LogP contribution is 2.13. The van der Waals surface area contributed by atoms with Crippen LogP contribution in [0.3, 0.4) is 0 Å². The summed E-state index contributed by atoms with van der Waals surface area (Å²) in [6.07, 6.45) is 0.980. The van der Waals surface area contributed by atoms with Crippen molar-refractivity contribution in [2.24, 2.45) is 0 Å². The van der Waals surface area contributed by atoms with Crippen LogP contribution in [-0.2, 0) is 9.59 Å². The lowest BCUT2D eigenvalue weighted by Crippen LogP contribution is -1.98. The van der Waals surface area contributed by atoms with Crippen molar-refractivity contribution in [1.82, 2.24) is 0 Å². The van der Waals surface area contributed by atoms with Gasteiger partial charge in [0.15, 0.2) is 0 Å². The monoisotopic (exact) mass is 176 g/mol. The molecular weight excluding hydrogens is 168 g/mol. The zero-order valence-corrected chi connectivity index (χ0v) is 6.72. The molecule has 0 spiro atoms. The summed E-state index contributed by atoms with van der Waals surface area (Å²) in [4.78, 5) is 20.5. The molecule has 0 fully saturated rings. The molecule has 0 aromatic carbocycles. The maximum atomic E-state index is 10.0. The van der Waals surface area contributed by atoms with Crippen molar-refractivity contribution in [3.63, 3.8) is 0 Å². The molecule has 0 heterocycles. The fourth-order valence-corrected chi connectivity index (χ4v) is 0.926. The Morgan fingerprint density at radius 2 is 2.00 bits per heavy atom. The Morgan fingerprint density at radius 3 is 2.36 bits per heavy atom. The minimum absolute atomic E-state index is 0.102. The predicted octanol–water partition coefficient (Wildman–Crippen LogP) is 0.793. The molecule has 2 N–H and O–H groups in total. The van der Waals surface area contributed by atoms with Gasteiger partial charge in [0.2, 0.25) is 0 Å². The van der Waals surface area contributed by atoms with Gasteiger partial charge in [-0.05, 0) is 11.8 Å². The van der Waals surface area contributed by atoms with E-state index >= 15 is 0 Å². The molecule has 0 unspecified atom stereocenters. The summed E-state index contributed by atoms with van der Waals surface area (Å²) in [5.74, 6) is -2.11. The number of hydrogen-bond acceptors (Lipinski definition) is 3. The fraction of sp³-hybridized carbons (Fsp3) is 0.333. The van der Waals surface area contributed by atoms with Gasteiger partial charge in [0.1, 0.15) is 0 Å². The van der Waals surface area contributed by atoms with Gasteiger partial charge in [-0.2, -0.15) is 0 Å². The average molecular weight is 176 g/mol. The van der Waals surface area contributed by atoms with Crippen molar-refractivity contribution in [2.45, 2.75) is 6.92 Å². The fourth-order valence-electron chi connectivity index (χ4n) is 0.391. The number of aliphatic carboxylic acids is 2. The van der Waals surface area contributed by atoms with Crippen LogP contribution in [-0.4, -0.2) is 27.9 Å². The largest absolute Gasteiger partial charge is 0.481 e. The van der Waals surface area contributed by atoms with Gasteiger partial charge in [0.05, 0.1) is 5.75 Å². The van der Waals surface area contributed by atoms with Crippen molar-refractivity contribution in [3.05, 3.63) is 11.0 Å². The highest BCUT2D eigenvalue weighted by Gasteiger charge is 1.99. The Kier molecular flexibility index (Phi) is 4.36. The normalized spacial score (nSPS) is 11.2. The van der Waals surface area contributed by atoms with Crippen LogP contribution in [0.5, 0.6) is 0 Å². The lowest BCUT2D eigenvalue weighted by atomic mass is 10.5. The highest BCUT2D eigenvalue weighted by atomic mass is 32.2. The smallest absolute Gasteiger partial charge is 0.329 e. The topological polar surface area (TPSA) is 74.6 Å². The molecule has 0 aromatic rings. The molecule has 11 heavy (non-hydrogen) atoms. The summed E-state index contributed by atoms with van der Waals surface area (Å²) >= 11 is 0.994. The minimum Gasteiger partial charge on any atom is -0.481 e. The third kappa shape index (κ3) is 6.92. The third-order valence-electron chi connectivity index (χ3n) is 0.750. The van der Waals surface area contributed by atoms with Gasteiger partial charge >= 0.3 is 11.9 Å². The molecule has 0 radical (unpaired) electrons. The summed E-state index contributed by atoms with van der Waals surface area (Å²) in [6, 6.07) is 0. The lowest BCUT2D eigenvalue weighted by molar-refractivity contribution is -0.134. The Hall–Kier alpha value is -0.970. The van der Waals surface area contributed by atoms with E-state index in [1.807, 2.05) is 0 Å². The molecule has 0 aromatic heterocycles. The van der Waals surface area contributed by atoms with E-state index in [1.165, 1.54) is 0 Å². The van der Waals surface area contributed by atoms with E-state index in [1.54, 1.807) is 6.92 Å². The van der Waals surface area contributed by atoms with Crippen LogP contribution in [0.15, 0.2) is 11.0 Å². The Labute approximate surface area is 67.9 Å². The summed E-state index contributed by atoms with van der Waals surface area (Å²) in [6.45, 7) is 1.56. The average Bonchev–Trinajstić information content (AvgIpc) is 1.82. The zero-order valence-electron chi connectivity index (χ0n) is 5.90. The van der Waals surface area contributed by atoms with Crippen LogP contribution < -0.4 is 0 Å². The van der Waals surface area contributed by atoms with E-state index in [9.17, 15) is 9.59 Å². The van der Waals surface area contributed by atoms with Crippen LogP contribution in [0.4, 0.5) is 0 Å². The molecule has 0 amide bonds. The van der Waals surface area contributed by atoms with Gasteiger partial charge in [-0.3, -0.25) is 4.79 Å². The second-order valence-corrected chi connectivity index (χ2v) is 3.00. The summed E-state index contributed by atoms with van der Waals surface area (Å²) in [5, 5.41) is 16.4. The van der Waals surface area contributed by atoms with Crippen molar-refractivity contribution in [2.75, 3.05) is 5.75 Å². The molecule has 0 aliphatic rings. The molecule has 0 rings (SSSR count). The molecule has 0 bridgehead atoms. The van der Waals surface area contributed by atoms with E-state index in [4.69, 9.17) is 10.2 Å². The first kappa shape index (κ1) is 10.0. The van der Waals surface area contributed by atoms with Crippen LogP contribution in [0.25, 0.3) is 0 Å². The predicted molar refractivity (Wildman–Crippen MR) is 41.5 cm³/mol. The van der Waals surface area contributed by atoms with Gasteiger partial charge in [-0.1, -0.05) is 0 Å². The number of thioether (sulfide) groups is 1. The maximum Gasteiger partial charge on any atom is 0.329 e. The molecular formula is C6H8O4S. The second kappa shape index (κ2) is 4.79. The lowest BCUT2D eigenvalue weighted by Gasteiger charge is -1.94. The maximum absolute atomic E-state index is 10.0. The zero-order chi connectivity index (χ0) is 8.85. The summed E-state index contributed by atoms with van der Waals surface area (Å²) in [5.41, 5.74) is 0. The summed E-state index contributed by atoms with van der Waals surface area (Å²) < 4.78 is 0. The van der Waals surface area contributed by atoms with E-state index in [0.29, 0.717) is 4.91 Å². The molecule has 4 nitrogen and oxygen atoms in total. The van der Waals surface area contributed by atoms with Crippen molar-refractivity contribution >= 4 is 23.7 Å². The van der Waals surface area contributed by atoms with Crippen molar-refractivity contribution in [3.8, 4) is 0 Å². The summed E-state index contributed by atoms with van der Waals surface area (Å²) in [7, 11) is 0. The Balaban J connectivity index is 3.77. The first-order valence-electron chi connectivity index (χ1n) is 2.78. The molecule has 0 aliphatic carbocycles. The SMILES string of the molecule is CC(=CC(=O)O)SCC(=O)O. The van der Waals surface area contributed by atoms with Gasteiger partial charge in [-0.15, -0.1) is 11.8 Å². The second-order valence-electron chi connectivity index (χ2n) is 1.78. The van der Waals surface area contributed by atoms with Crippen LogP contribution in [0.1, 0.15) is 6.92 Å². The number of hydrogen-bond donors (Lipinski definition) is 2. The number of allylic oxidation sites excluding steroid dienone is 1. The highest BCUT2D eigenvalue weighted by molar-refractivity contribution is 8.03. The Bertz CT molecular complexity index is 197. The van der Waals surface area contributed by atoms with Crippen molar-refractivity contribution in [1.29, 1.82) is 0 Å². The van der Waals surface area contributed by atoms with E-state index in [-0.39, 0.29) is 5.75 Å². The molecule has 0 saturated heterocycles. The van der Waals surface area contributed by atoms with Gasteiger partial charge in [0, 0.05) is 6.08 Å². The van der Waals surface area contributed by atoms with E-state index < -0.39 is 11.9 Å². The number of carbonyl (C=O) groups is 2. The van der Waals surface area contributed by atoms with Crippen LogP contribution >= 0.6 is 11.8 Å². The van der Waals surface area contributed by atoms with Crippen molar-refractivity contribution < 1.29 is 19.8 Å². The van der Waals surface area contributed by atoms with Crippen LogP contribution in [0, 0.1) is 0 Å².